The van der Waals surface area contributed by atoms with Gasteiger partial charge < -0.3 is 14.7 Å². The lowest BCUT2D eigenvalue weighted by Crippen LogP contribution is -2.39. The smallest absolute Gasteiger partial charge is 0.336 e. The molecule has 1 saturated carbocycles. The lowest BCUT2D eigenvalue weighted by atomic mass is 10.1. The fraction of sp³-hybridized carbons (Fsp3) is 0.417. The normalized spacial score (nSPS) is 17.4. The molecule has 1 saturated heterocycles. The number of benzene rings is 1. The highest BCUT2D eigenvalue weighted by molar-refractivity contribution is 6.35. The van der Waals surface area contributed by atoms with Gasteiger partial charge in [-0.05, 0) is 55.4 Å². The van der Waals surface area contributed by atoms with E-state index >= 15 is 0 Å². The summed E-state index contributed by atoms with van der Waals surface area (Å²) in [5.74, 6) is 1.34. The highest BCUT2D eigenvalue weighted by atomic mass is 35.5. The Hall–Kier alpha value is -2.48. The second-order valence-corrected chi connectivity index (χ2v) is 9.73. The first-order chi connectivity index (χ1) is 16.0. The van der Waals surface area contributed by atoms with Gasteiger partial charge in [-0.2, -0.15) is 0 Å². The van der Waals surface area contributed by atoms with Gasteiger partial charge in [0.2, 0.25) is 11.8 Å². The van der Waals surface area contributed by atoms with Gasteiger partial charge in [0.15, 0.2) is 0 Å². The third kappa shape index (κ3) is 5.21. The topological polar surface area (TPSA) is 72.5 Å². The van der Waals surface area contributed by atoms with Gasteiger partial charge in [0.1, 0.15) is 6.10 Å². The second kappa shape index (κ2) is 9.41. The SMILES string of the molecule is O=c1n(-c2ccc(Cl)cc2Cl)cc(O)n1Cc1ccc(OC2CCN(CC3CC3)CC2)nc1. The molecule has 2 aromatic heterocycles. The monoisotopic (exact) mass is 488 g/mol. The summed E-state index contributed by atoms with van der Waals surface area (Å²) in [6, 6.07) is 8.52. The van der Waals surface area contributed by atoms with Gasteiger partial charge in [0, 0.05) is 36.9 Å². The van der Waals surface area contributed by atoms with E-state index in [1.807, 2.05) is 12.1 Å². The minimum absolute atomic E-state index is 0.163. The number of hydrogen-bond acceptors (Lipinski definition) is 5. The zero-order valence-corrected chi connectivity index (χ0v) is 19.7. The fourth-order valence-electron chi connectivity index (χ4n) is 4.27. The summed E-state index contributed by atoms with van der Waals surface area (Å²) in [7, 11) is 0. The molecule has 0 radical (unpaired) electrons. The van der Waals surface area contributed by atoms with Gasteiger partial charge >= 0.3 is 5.69 Å². The van der Waals surface area contributed by atoms with Crippen LogP contribution in [0.15, 0.2) is 47.5 Å². The summed E-state index contributed by atoms with van der Waals surface area (Å²) >= 11 is 12.2. The van der Waals surface area contributed by atoms with E-state index in [9.17, 15) is 9.90 Å². The van der Waals surface area contributed by atoms with Crippen LogP contribution in [0.1, 0.15) is 31.2 Å². The van der Waals surface area contributed by atoms with Gasteiger partial charge in [-0.15, -0.1) is 0 Å². The predicted octanol–water partition coefficient (Wildman–Crippen LogP) is 4.35. The number of rotatable bonds is 7. The van der Waals surface area contributed by atoms with Crippen molar-refractivity contribution in [2.75, 3.05) is 19.6 Å². The van der Waals surface area contributed by atoms with E-state index in [0.29, 0.717) is 21.6 Å². The number of halogens is 2. The van der Waals surface area contributed by atoms with Gasteiger partial charge in [-0.1, -0.05) is 29.3 Å². The van der Waals surface area contributed by atoms with E-state index in [1.54, 1.807) is 24.4 Å². The lowest BCUT2D eigenvalue weighted by molar-refractivity contribution is 0.0944. The Balaban J connectivity index is 1.22. The van der Waals surface area contributed by atoms with Crippen LogP contribution in [0.25, 0.3) is 5.69 Å². The van der Waals surface area contributed by atoms with E-state index in [0.717, 1.165) is 37.4 Å². The molecule has 0 amide bonds. The van der Waals surface area contributed by atoms with Crippen molar-refractivity contribution in [3.05, 3.63) is 68.8 Å². The standard InChI is InChI=1S/C24H26Cl2N4O3/c25-18-4-5-21(20(26)11-18)29-15-23(31)30(24(29)32)14-17-3-6-22(27-12-17)33-19-7-9-28(10-8-19)13-16-1-2-16/h3-6,11-12,15-16,19,31H,1-2,7-10,13-14H2. The predicted molar refractivity (Wildman–Crippen MR) is 128 cm³/mol. The summed E-state index contributed by atoms with van der Waals surface area (Å²) in [5.41, 5.74) is 0.819. The molecule has 0 unspecified atom stereocenters. The van der Waals surface area contributed by atoms with E-state index < -0.39 is 5.69 Å². The Morgan fingerprint density at radius 3 is 2.55 bits per heavy atom. The van der Waals surface area contributed by atoms with E-state index in [4.69, 9.17) is 27.9 Å². The Kier molecular flexibility index (Phi) is 6.36. The van der Waals surface area contributed by atoms with Crippen LogP contribution < -0.4 is 10.4 Å². The minimum atomic E-state index is -0.407. The van der Waals surface area contributed by atoms with Crippen molar-refractivity contribution in [3.8, 4) is 17.4 Å². The Bertz CT molecular complexity index is 1180. The molecule has 1 aliphatic heterocycles. The first-order valence-corrected chi connectivity index (χ1v) is 12.0. The summed E-state index contributed by atoms with van der Waals surface area (Å²) < 4.78 is 8.64. The molecule has 0 atom stereocenters. The summed E-state index contributed by atoms with van der Waals surface area (Å²) in [5, 5.41) is 11.1. The van der Waals surface area contributed by atoms with Crippen LogP contribution in [0.5, 0.6) is 11.8 Å². The molecule has 0 spiro atoms. The van der Waals surface area contributed by atoms with Crippen LogP contribution in [0.2, 0.25) is 10.0 Å². The number of hydrogen-bond donors (Lipinski definition) is 1. The highest BCUT2D eigenvalue weighted by Crippen LogP contribution is 2.31. The van der Waals surface area contributed by atoms with E-state index in [-0.39, 0.29) is 18.5 Å². The van der Waals surface area contributed by atoms with Gasteiger partial charge in [-0.3, -0.25) is 9.13 Å². The molecule has 3 aromatic rings. The Labute approximate surface area is 202 Å². The number of aromatic hydroxyl groups is 1. The first-order valence-electron chi connectivity index (χ1n) is 11.3. The maximum absolute atomic E-state index is 12.9. The second-order valence-electron chi connectivity index (χ2n) is 8.89. The van der Waals surface area contributed by atoms with Crippen LogP contribution in [0.4, 0.5) is 0 Å². The zero-order chi connectivity index (χ0) is 22.9. The summed E-state index contributed by atoms with van der Waals surface area (Å²) in [4.78, 5) is 19.8. The van der Waals surface area contributed by atoms with Crippen LogP contribution in [-0.2, 0) is 6.54 Å². The summed E-state index contributed by atoms with van der Waals surface area (Å²) in [6.45, 7) is 3.57. The third-order valence-corrected chi connectivity index (χ3v) is 6.84. The average Bonchev–Trinajstić information content (AvgIpc) is 3.57. The van der Waals surface area contributed by atoms with E-state index in [2.05, 4.69) is 9.88 Å². The fourth-order valence-corrected chi connectivity index (χ4v) is 4.77. The number of imidazole rings is 1. The highest BCUT2D eigenvalue weighted by Gasteiger charge is 2.27. The molecule has 174 valence electrons. The molecule has 1 aliphatic carbocycles. The lowest BCUT2D eigenvalue weighted by Gasteiger charge is -2.31. The van der Waals surface area contributed by atoms with Crippen molar-refractivity contribution in [1.82, 2.24) is 19.0 Å². The van der Waals surface area contributed by atoms with Crippen molar-refractivity contribution >= 4 is 23.2 Å². The van der Waals surface area contributed by atoms with Gasteiger partial charge in [0.25, 0.3) is 0 Å². The molecule has 33 heavy (non-hydrogen) atoms. The molecule has 3 heterocycles. The number of piperidine rings is 1. The van der Waals surface area contributed by atoms with Crippen molar-refractivity contribution in [1.29, 1.82) is 0 Å². The van der Waals surface area contributed by atoms with E-state index in [1.165, 1.54) is 34.7 Å². The number of likely N-dealkylation sites (tertiary alicyclic amines) is 1. The molecule has 9 heteroatoms. The molecular formula is C24H26Cl2N4O3. The van der Waals surface area contributed by atoms with Crippen LogP contribution in [-0.4, -0.2) is 49.9 Å². The van der Waals surface area contributed by atoms with Gasteiger partial charge in [-0.25, -0.2) is 9.78 Å². The first kappa shape index (κ1) is 22.3. The molecule has 1 aromatic carbocycles. The number of nitrogens with zero attached hydrogens (tertiary/aromatic N) is 4. The molecule has 5 rings (SSSR count). The van der Waals surface area contributed by atoms with Crippen molar-refractivity contribution < 1.29 is 9.84 Å². The van der Waals surface area contributed by atoms with Crippen LogP contribution >= 0.6 is 23.2 Å². The van der Waals surface area contributed by atoms with Crippen LogP contribution in [0, 0.1) is 5.92 Å². The number of aromatic nitrogens is 3. The summed E-state index contributed by atoms with van der Waals surface area (Å²) in [6.07, 6.45) is 8.00. The molecule has 0 bridgehead atoms. The maximum Gasteiger partial charge on any atom is 0.336 e. The maximum atomic E-state index is 12.9. The van der Waals surface area contributed by atoms with Crippen molar-refractivity contribution in [2.45, 2.75) is 38.3 Å². The van der Waals surface area contributed by atoms with Gasteiger partial charge in [0.05, 0.1) is 23.5 Å². The molecule has 2 aliphatic rings. The largest absolute Gasteiger partial charge is 0.493 e. The number of ether oxygens (including phenoxy) is 1. The molecular weight excluding hydrogens is 463 g/mol. The quantitative estimate of drug-likeness (QED) is 0.535. The Morgan fingerprint density at radius 2 is 1.88 bits per heavy atom. The van der Waals surface area contributed by atoms with Crippen LogP contribution in [0.3, 0.4) is 0 Å². The third-order valence-electron chi connectivity index (χ3n) is 6.30. The zero-order valence-electron chi connectivity index (χ0n) is 18.2. The minimum Gasteiger partial charge on any atom is -0.493 e. The number of pyridine rings is 1. The Morgan fingerprint density at radius 1 is 1.09 bits per heavy atom. The molecule has 2 fully saturated rings. The van der Waals surface area contributed by atoms with Crippen molar-refractivity contribution in [3.63, 3.8) is 0 Å². The van der Waals surface area contributed by atoms with Crippen molar-refractivity contribution in [2.24, 2.45) is 5.92 Å². The molecule has 1 N–H and O–H groups in total. The average molecular weight is 489 g/mol. The molecule has 7 nitrogen and oxygen atoms in total.